The normalized spacial score (nSPS) is 22.8. The van der Waals surface area contributed by atoms with Crippen molar-refractivity contribution in [1.29, 1.82) is 0 Å². The monoisotopic (exact) mass is 263 g/mol. The third-order valence-corrected chi connectivity index (χ3v) is 3.53. The molecule has 0 bridgehead atoms. The van der Waals surface area contributed by atoms with Gasteiger partial charge in [0.15, 0.2) is 0 Å². The summed E-state index contributed by atoms with van der Waals surface area (Å²) in [5, 5.41) is 3.16. The lowest BCUT2D eigenvalue weighted by Crippen LogP contribution is -2.25. The molecule has 2 rings (SSSR count). The molecule has 19 heavy (non-hydrogen) atoms. The Kier molecular flexibility index (Phi) is 6.34. The van der Waals surface area contributed by atoms with E-state index in [0.29, 0.717) is 12.2 Å². The van der Waals surface area contributed by atoms with Gasteiger partial charge in [-0.25, -0.2) is 0 Å². The highest BCUT2D eigenvalue weighted by Gasteiger charge is 2.24. The Morgan fingerprint density at radius 1 is 1.21 bits per heavy atom. The quantitative estimate of drug-likeness (QED) is 0.731. The first kappa shape index (κ1) is 14.5. The minimum Gasteiger partial charge on any atom is -0.379 e. The Morgan fingerprint density at radius 3 is 2.79 bits per heavy atom. The van der Waals surface area contributed by atoms with E-state index >= 15 is 0 Å². The number of nitrogens with one attached hydrogen (secondary N) is 1. The third-order valence-electron chi connectivity index (χ3n) is 3.53. The van der Waals surface area contributed by atoms with Crippen LogP contribution in [-0.2, 0) is 15.9 Å². The van der Waals surface area contributed by atoms with Crippen molar-refractivity contribution in [2.45, 2.75) is 37.9 Å². The largest absolute Gasteiger partial charge is 0.379 e. The number of hydrogen-bond donors (Lipinski definition) is 1. The molecule has 3 nitrogen and oxygen atoms in total. The Balaban J connectivity index is 1.51. The molecule has 106 valence electrons. The van der Waals surface area contributed by atoms with Gasteiger partial charge >= 0.3 is 0 Å². The third kappa shape index (κ3) is 5.31. The van der Waals surface area contributed by atoms with Crippen LogP contribution in [0.1, 0.15) is 24.8 Å². The highest BCUT2D eigenvalue weighted by Crippen LogP contribution is 2.19. The zero-order valence-corrected chi connectivity index (χ0v) is 11.8. The summed E-state index contributed by atoms with van der Waals surface area (Å²) >= 11 is 0. The maximum absolute atomic E-state index is 5.88. The lowest BCUT2D eigenvalue weighted by atomic mass is 10.1. The Labute approximate surface area is 116 Å². The Bertz CT molecular complexity index is 342. The number of benzene rings is 1. The van der Waals surface area contributed by atoms with Crippen LogP contribution < -0.4 is 5.32 Å². The average Bonchev–Trinajstić information content (AvgIpc) is 2.88. The van der Waals surface area contributed by atoms with E-state index in [4.69, 9.17) is 9.47 Å². The summed E-state index contributed by atoms with van der Waals surface area (Å²) in [6.45, 7) is 2.52. The summed E-state index contributed by atoms with van der Waals surface area (Å²) in [6.07, 6.45) is 5.13. The molecule has 3 heteroatoms. The van der Waals surface area contributed by atoms with Gasteiger partial charge < -0.3 is 14.8 Å². The van der Waals surface area contributed by atoms with Gasteiger partial charge in [-0.15, -0.1) is 0 Å². The fourth-order valence-corrected chi connectivity index (χ4v) is 2.52. The molecular weight excluding hydrogens is 238 g/mol. The molecule has 0 saturated carbocycles. The molecule has 1 aromatic carbocycles. The minimum atomic E-state index is 0.301. The van der Waals surface area contributed by atoms with Crippen LogP contribution in [0, 0.1) is 0 Å². The molecule has 1 aromatic rings. The average molecular weight is 263 g/mol. The molecule has 0 radical (unpaired) electrons. The Hall–Kier alpha value is -0.900. The number of rotatable bonds is 8. The van der Waals surface area contributed by atoms with Gasteiger partial charge in [0.1, 0.15) is 0 Å². The zero-order valence-electron chi connectivity index (χ0n) is 11.8. The summed E-state index contributed by atoms with van der Waals surface area (Å²) < 4.78 is 11.6. The fourth-order valence-electron chi connectivity index (χ4n) is 2.52. The maximum Gasteiger partial charge on any atom is 0.0813 e. The van der Waals surface area contributed by atoms with Crippen LogP contribution in [0.4, 0.5) is 0 Å². The molecule has 0 aromatic heterocycles. The van der Waals surface area contributed by atoms with E-state index in [1.165, 1.54) is 5.56 Å². The molecule has 0 spiro atoms. The van der Waals surface area contributed by atoms with Crippen LogP contribution in [0.2, 0.25) is 0 Å². The van der Waals surface area contributed by atoms with E-state index in [1.807, 2.05) is 7.05 Å². The number of likely N-dealkylation sites (N-methyl/N-ethyl adjacent to an activating group) is 1. The number of aryl methyl sites for hydroxylation is 1. The molecule has 0 aliphatic carbocycles. The second-order valence-corrected chi connectivity index (χ2v) is 5.18. The second kappa shape index (κ2) is 8.31. The van der Waals surface area contributed by atoms with Crippen molar-refractivity contribution in [2.75, 3.05) is 26.8 Å². The van der Waals surface area contributed by atoms with Crippen molar-refractivity contribution in [3.05, 3.63) is 35.9 Å². The van der Waals surface area contributed by atoms with E-state index in [9.17, 15) is 0 Å². The van der Waals surface area contributed by atoms with Crippen molar-refractivity contribution in [1.82, 2.24) is 5.32 Å². The molecule has 0 amide bonds. The smallest absolute Gasteiger partial charge is 0.0813 e. The van der Waals surface area contributed by atoms with Gasteiger partial charge in [0.05, 0.1) is 18.8 Å². The van der Waals surface area contributed by atoms with E-state index < -0.39 is 0 Å². The van der Waals surface area contributed by atoms with Gasteiger partial charge in [-0.1, -0.05) is 30.3 Å². The molecule has 2 unspecified atom stereocenters. The highest BCUT2D eigenvalue weighted by atomic mass is 16.5. The fraction of sp³-hybridized carbons (Fsp3) is 0.625. The van der Waals surface area contributed by atoms with Crippen molar-refractivity contribution in [3.8, 4) is 0 Å². The first-order valence-electron chi connectivity index (χ1n) is 7.30. The molecular formula is C16H25NO2. The van der Waals surface area contributed by atoms with E-state index in [-0.39, 0.29) is 0 Å². The summed E-state index contributed by atoms with van der Waals surface area (Å²) in [6, 6.07) is 10.6. The van der Waals surface area contributed by atoms with Crippen LogP contribution in [0.25, 0.3) is 0 Å². The van der Waals surface area contributed by atoms with Gasteiger partial charge in [0, 0.05) is 13.2 Å². The standard InChI is InChI=1S/C16H25NO2/c1-17-12-15-9-10-16(19-15)13-18-11-5-8-14-6-3-2-4-7-14/h2-4,6-7,15-17H,5,8-13H2,1H3. The number of hydrogen-bond acceptors (Lipinski definition) is 3. The zero-order chi connectivity index (χ0) is 13.3. The first-order valence-corrected chi connectivity index (χ1v) is 7.30. The molecule has 1 aliphatic heterocycles. The van der Waals surface area contributed by atoms with Crippen LogP contribution in [-0.4, -0.2) is 39.0 Å². The van der Waals surface area contributed by atoms with Crippen molar-refractivity contribution >= 4 is 0 Å². The van der Waals surface area contributed by atoms with Gasteiger partial charge in [-0.2, -0.15) is 0 Å². The Morgan fingerprint density at radius 2 is 2.00 bits per heavy atom. The lowest BCUT2D eigenvalue weighted by molar-refractivity contribution is -0.0141. The van der Waals surface area contributed by atoms with Crippen LogP contribution in [0.3, 0.4) is 0 Å². The van der Waals surface area contributed by atoms with Gasteiger partial charge in [0.25, 0.3) is 0 Å². The van der Waals surface area contributed by atoms with Crippen LogP contribution >= 0.6 is 0 Å². The van der Waals surface area contributed by atoms with E-state index in [1.54, 1.807) is 0 Å². The topological polar surface area (TPSA) is 30.5 Å². The van der Waals surface area contributed by atoms with Crippen LogP contribution in [0.15, 0.2) is 30.3 Å². The van der Waals surface area contributed by atoms with Gasteiger partial charge in [-0.05, 0) is 38.3 Å². The number of ether oxygens (including phenoxy) is 2. The molecule has 2 atom stereocenters. The predicted octanol–water partition coefficient (Wildman–Crippen LogP) is 2.40. The maximum atomic E-state index is 5.88. The van der Waals surface area contributed by atoms with Crippen LogP contribution in [0.5, 0.6) is 0 Å². The summed E-state index contributed by atoms with van der Waals surface area (Å²) in [4.78, 5) is 0. The first-order chi connectivity index (χ1) is 9.38. The van der Waals surface area contributed by atoms with E-state index in [2.05, 4.69) is 35.6 Å². The van der Waals surface area contributed by atoms with E-state index in [0.717, 1.165) is 45.4 Å². The van der Waals surface area contributed by atoms with Crippen molar-refractivity contribution in [3.63, 3.8) is 0 Å². The molecule has 1 heterocycles. The summed E-state index contributed by atoms with van der Waals surface area (Å²) in [5.41, 5.74) is 1.39. The molecule has 1 N–H and O–H groups in total. The molecule has 1 aliphatic rings. The summed E-state index contributed by atoms with van der Waals surface area (Å²) in [5.74, 6) is 0. The van der Waals surface area contributed by atoms with Gasteiger partial charge in [-0.3, -0.25) is 0 Å². The highest BCUT2D eigenvalue weighted by molar-refractivity contribution is 5.14. The van der Waals surface area contributed by atoms with Crippen molar-refractivity contribution < 1.29 is 9.47 Å². The molecule has 1 fully saturated rings. The van der Waals surface area contributed by atoms with Gasteiger partial charge in [0.2, 0.25) is 0 Å². The lowest BCUT2D eigenvalue weighted by Gasteiger charge is -2.13. The second-order valence-electron chi connectivity index (χ2n) is 5.18. The summed E-state index contributed by atoms with van der Waals surface area (Å²) in [7, 11) is 1.97. The predicted molar refractivity (Wildman–Crippen MR) is 77.4 cm³/mol. The van der Waals surface area contributed by atoms with Crippen molar-refractivity contribution in [2.24, 2.45) is 0 Å². The SMILES string of the molecule is CNCC1CCC(COCCCc2ccccc2)O1. The minimum absolute atomic E-state index is 0.301. The molecule has 1 saturated heterocycles.